The number of nitrogens with one attached hydrogen (secondary N) is 1. The third-order valence-corrected chi connectivity index (χ3v) is 4.75. The highest BCUT2D eigenvalue weighted by Gasteiger charge is 2.35. The van der Waals surface area contributed by atoms with Gasteiger partial charge in [-0.25, -0.2) is 4.39 Å². The zero-order chi connectivity index (χ0) is 15.0. The van der Waals surface area contributed by atoms with Crippen LogP contribution in [0.2, 0.25) is 0 Å². The molecule has 1 atom stereocenters. The van der Waals surface area contributed by atoms with Gasteiger partial charge in [0, 0.05) is 11.3 Å². The summed E-state index contributed by atoms with van der Waals surface area (Å²) in [5, 5.41) is 3.60. The average molecular weight is 283 g/mol. The van der Waals surface area contributed by atoms with Gasteiger partial charge in [-0.3, -0.25) is 0 Å². The van der Waals surface area contributed by atoms with Crippen molar-refractivity contribution in [2.45, 2.75) is 39.7 Å². The van der Waals surface area contributed by atoms with Gasteiger partial charge in [-0.1, -0.05) is 44.2 Å². The smallest absolute Gasteiger partial charge is 0.128 e. The van der Waals surface area contributed by atoms with Gasteiger partial charge in [-0.05, 0) is 48.4 Å². The third-order valence-electron chi connectivity index (χ3n) is 4.75. The summed E-state index contributed by atoms with van der Waals surface area (Å²) in [7, 11) is 0. The SMILES string of the molecule is Cc1c(F)cccc1NC1c2ccccc2CCC1(C)C. The van der Waals surface area contributed by atoms with Gasteiger partial charge in [0.25, 0.3) is 0 Å². The lowest BCUT2D eigenvalue weighted by Gasteiger charge is -2.41. The molecule has 0 radical (unpaired) electrons. The zero-order valence-electron chi connectivity index (χ0n) is 12.9. The Morgan fingerprint density at radius 2 is 1.86 bits per heavy atom. The second-order valence-electron chi connectivity index (χ2n) is 6.68. The second-order valence-corrected chi connectivity index (χ2v) is 6.68. The van der Waals surface area contributed by atoms with Gasteiger partial charge >= 0.3 is 0 Å². The lowest BCUT2D eigenvalue weighted by Crippen LogP contribution is -2.33. The molecule has 0 bridgehead atoms. The summed E-state index contributed by atoms with van der Waals surface area (Å²) in [6.45, 7) is 6.41. The van der Waals surface area contributed by atoms with Crippen molar-refractivity contribution >= 4 is 5.69 Å². The summed E-state index contributed by atoms with van der Waals surface area (Å²) in [5.41, 5.74) is 4.48. The molecule has 0 spiro atoms. The number of halogens is 1. The number of hydrogen-bond donors (Lipinski definition) is 1. The molecule has 1 aliphatic carbocycles. The second kappa shape index (κ2) is 5.18. The number of hydrogen-bond acceptors (Lipinski definition) is 1. The van der Waals surface area contributed by atoms with Gasteiger partial charge in [-0.2, -0.15) is 0 Å². The van der Waals surface area contributed by atoms with Crippen molar-refractivity contribution in [3.63, 3.8) is 0 Å². The van der Waals surface area contributed by atoms with Crippen molar-refractivity contribution < 1.29 is 4.39 Å². The van der Waals surface area contributed by atoms with Crippen molar-refractivity contribution in [3.8, 4) is 0 Å². The number of aryl methyl sites for hydroxylation is 1. The molecule has 0 amide bonds. The van der Waals surface area contributed by atoms with E-state index >= 15 is 0 Å². The van der Waals surface area contributed by atoms with E-state index in [2.05, 4.69) is 43.4 Å². The Balaban J connectivity index is 2.01. The van der Waals surface area contributed by atoms with Crippen LogP contribution < -0.4 is 5.32 Å². The van der Waals surface area contributed by atoms with E-state index in [0.717, 1.165) is 18.5 Å². The molecule has 1 aliphatic rings. The first kappa shape index (κ1) is 14.1. The number of fused-ring (bicyclic) bond motifs is 1. The molecule has 1 nitrogen and oxygen atoms in total. The monoisotopic (exact) mass is 283 g/mol. The highest BCUT2D eigenvalue weighted by atomic mass is 19.1. The van der Waals surface area contributed by atoms with Crippen LogP contribution in [-0.2, 0) is 6.42 Å². The van der Waals surface area contributed by atoms with Gasteiger partial charge < -0.3 is 5.32 Å². The molecule has 1 N–H and O–H groups in total. The minimum absolute atomic E-state index is 0.146. The van der Waals surface area contributed by atoms with Crippen molar-refractivity contribution in [1.82, 2.24) is 0 Å². The maximum Gasteiger partial charge on any atom is 0.128 e. The fourth-order valence-electron chi connectivity index (χ4n) is 3.26. The topological polar surface area (TPSA) is 12.0 Å². The molecule has 2 aromatic rings. The van der Waals surface area contributed by atoms with Crippen molar-refractivity contribution in [1.29, 1.82) is 0 Å². The van der Waals surface area contributed by atoms with E-state index in [1.807, 2.05) is 13.0 Å². The standard InChI is InChI=1S/C19H22FN/c1-13-16(20)9-6-10-17(13)21-18-15-8-5-4-7-14(15)11-12-19(18,2)3/h4-10,18,21H,11-12H2,1-3H3. The van der Waals surface area contributed by atoms with Gasteiger partial charge in [0.2, 0.25) is 0 Å². The molecule has 0 aromatic heterocycles. The van der Waals surface area contributed by atoms with Crippen LogP contribution >= 0.6 is 0 Å². The number of anilines is 1. The first-order valence-electron chi connectivity index (χ1n) is 7.58. The fraction of sp³-hybridized carbons (Fsp3) is 0.368. The van der Waals surface area contributed by atoms with Crippen LogP contribution in [0.1, 0.15) is 43.0 Å². The van der Waals surface area contributed by atoms with E-state index in [0.29, 0.717) is 5.56 Å². The van der Waals surface area contributed by atoms with E-state index < -0.39 is 0 Å². The van der Waals surface area contributed by atoms with E-state index in [-0.39, 0.29) is 17.3 Å². The quantitative estimate of drug-likeness (QED) is 0.792. The number of benzene rings is 2. The van der Waals surface area contributed by atoms with Crippen molar-refractivity contribution in [2.75, 3.05) is 5.32 Å². The Bertz CT molecular complexity index is 660. The molecule has 0 saturated heterocycles. The highest BCUT2D eigenvalue weighted by Crippen LogP contribution is 2.45. The molecular formula is C19H22FN. The predicted molar refractivity (Wildman–Crippen MR) is 86.0 cm³/mol. The van der Waals surface area contributed by atoms with Crippen LogP contribution in [0.5, 0.6) is 0 Å². The molecule has 0 fully saturated rings. The highest BCUT2D eigenvalue weighted by molar-refractivity contribution is 5.54. The Kier molecular flexibility index (Phi) is 3.48. The minimum atomic E-state index is -0.151. The molecule has 2 aromatic carbocycles. The first-order valence-corrected chi connectivity index (χ1v) is 7.58. The van der Waals surface area contributed by atoms with Crippen LogP contribution in [-0.4, -0.2) is 0 Å². The maximum atomic E-state index is 13.8. The summed E-state index contributed by atoms with van der Waals surface area (Å²) in [4.78, 5) is 0. The van der Waals surface area contributed by atoms with Crippen LogP contribution in [0.25, 0.3) is 0 Å². The molecule has 3 rings (SSSR count). The van der Waals surface area contributed by atoms with Gasteiger partial charge in [-0.15, -0.1) is 0 Å². The van der Waals surface area contributed by atoms with Gasteiger partial charge in [0.1, 0.15) is 5.82 Å². The molecule has 110 valence electrons. The fourth-order valence-corrected chi connectivity index (χ4v) is 3.26. The summed E-state index contributed by atoms with van der Waals surface area (Å²) >= 11 is 0. The molecule has 0 saturated carbocycles. The van der Waals surface area contributed by atoms with Gasteiger partial charge in [0.15, 0.2) is 0 Å². The van der Waals surface area contributed by atoms with Crippen LogP contribution in [0.15, 0.2) is 42.5 Å². The van der Waals surface area contributed by atoms with E-state index in [1.54, 1.807) is 6.07 Å². The van der Waals surface area contributed by atoms with Gasteiger partial charge in [0.05, 0.1) is 6.04 Å². The number of rotatable bonds is 2. The van der Waals surface area contributed by atoms with Crippen LogP contribution in [0.4, 0.5) is 10.1 Å². The maximum absolute atomic E-state index is 13.8. The summed E-state index contributed by atoms with van der Waals surface area (Å²) in [6, 6.07) is 14.1. The molecule has 0 aliphatic heterocycles. The molecule has 0 heterocycles. The molecule has 1 unspecified atom stereocenters. The summed E-state index contributed by atoms with van der Waals surface area (Å²) in [6.07, 6.45) is 2.25. The lowest BCUT2D eigenvalue weighted by atomic mass is 9.70. The van der Waals surface area contributed by atoms with Crippen molar-refractivity contribution in [3.05, 3.63) is 65.0 Å². The molecule has 21 heavy (non-hydrogen) atoms. The van der Waals surface area contributed by atoms with Crippen LogP contribution in [0.3, 0.4) is 0 Å². The lowest BCUT2D eigenvalue weighted by molar-refractivity contribution is 0.265. The van der Waals surface area contributed by atoms with E-state index in [9.17, 15) is 4.39 Å². The Morgan fingerprint density at radius 1 is 1.10 bits per heavy atom. The summed E-state index contributed by atoms with van der Waals surface area (Å²) in [5.74, 6) is -0.151. The van der Waals surface area contributed by atoms with Crippen LogP contribution in [0, 0.1) is 18.2 Å². The molecule has 2 heteroatoms. The minimum Gasteiger partial charge on any atom is -0.377 e. The predicted octanol–water partition coefficient (Wildman–Crippen LogP) is 5.26. The Morgan fingerprint density at radius 3 is 2.67 bits per heavy atom. The van der Waals surface area contributed by atoms with E-state index in [1.165, 1.54) is 17.2 Å². The third kappa shape index (κ3) is 2.55. The summed E-state index contributed by atoms with van der Waals surface area (Å²) < 4.78 is 13.8. The first-order chi connectivity index (χ1) is 9.99. The Hall–Kier alpha value is -1.83. The average Bonchev–Trinajstić information content (AvgIpc) is 2.46. The van der Waals surface area contributed by atoms with E-state index in [4.69, 9.17) is 0 Å². The largest absolute Gasteiger partial charge is 0.377 e. The normalized spacial score (nSPS) is 19.9. The van der Waals surface area contributed by atoms with Crippen molar-refractivity contribution in [2.24, 2.45) is 5.41 Å². The molecular weight excluding hydrogens is 261 g/mol. The Labute approximate surface area is 126 Å². The zero-order valence-corrected chi connectivity index (χ0v) is 12.9.